The van der Waals surface area contributed by atoms with E-state index in [-0.39, 0.29) is 29.7 Å². The van der Waals surface area contributed by atoms with Crippen LogP contribution in [0.15, 0.2) is 53.6 Å². The van der Waals surface area contributed by atoms with Gasteiger partial charge in [-0.05, 0) is 49.7 Å². The van der Waals surface area contributed by atoms with Gasteiger partial charge in [0.15, 0.2) is 11.5 Å². The molecule has 2 aromatic carbocycles. The molecule has 0 bridgehead atoms. The van der Waals surface area contributed by atoms with Gasteiger partial charge < -0.3 is 14.2 Å². The first-order valence-electron chi connectivity index (χ1n) is 11.7. The van der Waals surface area contributed by atoms with Crippen molar-refractivity contribution in [2.75, 3.05) is 25.1 Å². The van der Waals surface area contributed by atoms with Crippen molar-refractivity contribution in [3.8, 4) is 17.4 Å². The van der Waals surface area contributed by atoms with Crippen LogP contribution in [-0.4, -0.2) is 47.2 Å². The van der Waals surface area contributed by atoms with Gasteiger partial charge in [-0.15, -0.1) is 0 Å². The standard InChI is InChI=1S/C26H35N3O5SSi/c1-19-8-11-22(12-9-19)35(30,31)29(14-15-36(5,6)7)25-26(28-20(2)17-27-25)34-18-21-10-13-23(32-3)24(16-21)33-4/h8-13,16-17H,14-15,18H2,1-7H3. The third-order valence-corrected chi connectivity index (χ3v) is 9.10. The van der Waals surface area contributed by atoms with E-state index in [2.05, 4.69) is 29.6 Å². The highest BCUT2D eigenvalue weighted by Crippen LogP contribution is 2.32. The van der Waals surface area contributed by atoms with Gasteiger partial charge in [-0.3, -0.25) is 0 Å². The van der Waals surface area contributed by atoms with E-state index in [1.54, 1.807) is 57.7 Å². The molecule has 8 nitrogen and oxygen atoms in total. The van der Waals surface area contributed by atoms with Gasteiger partial charge in [0.25, 0.3) is 15.9 Å². The average molecular weight is 530 g/mol. The molecule has 1 heterocycles. The van der Waals surface area contributed by atoms with Crippen LogP contribution < -0.4 is 18.5 Å². The van der Waals surface area contributed by atoms with Crippen molar-refractivity contribution in [3.05, 3.63) is 65.5 Å². The number of hydrogen-bond acceptors (Lipinski definition) is 7. The van der Waals surface area contributed by atoms with E-state index in [4.69, 9.17) is 14.2 Å². The Morgan fingerprint density at radius 3 is 2.22 bits per heavy atom. The van der Waals surface area contributed by atoms with E-state index in [1.165, 1.54) is 4.31 Å². The van der Waals surface area contributed by atoms with Crippen molar-refractivity contribution < 1.29 is 22.6 Å². The minimum Gasteiger partial charge on any atom is -0.493 e. The number of hydrogen-bond donors (Lipinski definition) is 0. The SMILES string of the molecule is COc1ccc(COc2nc(C)cnc2N(CC[Si](C)(C)C)S(=O)(=O)c2ccc(C)cc2)cc1OC. The third-order valence-electron chi connectivity index (χ3n) is 5.58. The second-order valence-corrected chi connectivity index (χ2v) is 17.3. The number of sulfonamides is 1. The molecule has 0 saturated heterocycles. The lowest BCUT2D eigenvalue weighted by atomic mass is 10.2. The molecule has 1 aromatic heterocycles. The molecule has 3 aromatic rings. The van der Waals surface area contributed by atoms with Gasteiger partial charge in [0, 0.05) is 14.6 Å². The Labute approximate surface area is 215 Å². The summed E-state index contributed by atoms with van der Waals surface area (Å²) in [5, 5.41) is 0. The van der Waals surface area contributed by atoms with E-state index in [1.807, 2.05) is 19.1 Å². The Morgan fingerprint density at radius 2 is 1.61 bits per heavy atom. The summed E-state index contributed by atoms with van der Waals surface area (Å²) >= 11 is 0. The molecule has 3 rings (SSSR count). The third kappa shape index (κ3) is 6.76. The molecule has 0 saturated carbocycles. The molecule has 0 aliphatic carbocycles. The number of aromatic nitrogens is 2. The molecule has 0 aliphatic heterocycles. The van der Waals surface area contributed by atoms with Crippen LogP contribution in [0, 0.1) is 13.8 Å². The van der Waals surface area contributed by atoms with Crippen molar-refractivity contribution in [1.82, 2.24) is 9.97 Å². The highest BCUT2D eigenvalue weighted by molar-refractivity contribution is 7.92. The van der Waals surface area contributed by atoms with Crippen LogP contribution in [-0.2, 0) is 16.6 Å². The molecule has 194 valence electrons. The second-order valence-electron chi connectivity index (χ2n) is 9.82. The molecule has 10 heteroatoms. The van der Waals surface area contributed by atoms with Gasteiger partial charge >= 0.3 is 0 Å². The number of rotatable bonds is 11. The predicted molar refractivity (Wildman–Crippen MR) is 145 cm³/mol. The van der Waals surface area contributed by atoms with Crippen LogP contribution in [0.3, 0.4) is 0 Å². The monoisotopic (exact) mass is 529 g/mol. The summed E-state index contributed by atoms with van der Waals surface area (Å²) in [5.41, 5.74) is 2.42. The van der Waals surface area contributed by atoms with Crippen molar-refractivity contribution in [2.45, 2.75) is 51.0 Å². The highest BCUT2D eigenvalue weighted by Gasteiger charge is 2.31. The Hall–Kier alpha value is -3.11. The molecule has 0 fully saturated rings. The summed E-state index contributed by atoms with van der Waals surface area (Å²) in [4.78, 5) is 9.21. The molecule has 0 atom stereocenters. The average Bonchev–Trinajstić information content (AvgIpc) is 2.83. The molecule has 0 radical (unpaired) electrons. The smallest absolute Gasteiger partial charge is 0.265 e. The second kappa shape index (κ2) is 11.3. The van der Waals surface area contributed by atoms with E-state index < -0.39 is 18.1 Å². The zero-order valence-corrected chi connectivity index (χ0v) is 23.8. The number of methoxy groups -OCH3 is 2. The first-order chi connectivity index (χ1) is 16.9. The minimum absolute atomic E-state index is 0.151. The lowest BCUT2D eigenvalue weighted by Crippen LogP contribution is -2.37. The van der Waals surface area contributed by atoms with Crippen molar-refractivity contribution in [1.29, 1.82) is 0 Å². The maximum atomic E-state index is 13.8. The van der Waals surface area contributed by atoms with Crippen molar-refractivity contribution in [3.63, 3.8) is 0 Å². The van der Waals surface area contributed by atoms with E-state index in [0.29, 0.717) is 17.2 Å². The first kappa shape index (κ1) is 27.5. The van der Waals surface area contributed by atoms with E-state index >= 15 is 0 Å². The summed E-state index contributed by atoms with van der Waals surface area (Å²) in [5.74, 6) is 1.53. The van der Waals surface area contributed by atoms with Gasteiger partial charge in [0.05, 0.1) is 31.0 Å². The Balaban J connectivity index is 2.01. The van der Waals surface area contributed by atoms with Crippen LogP contribution in [0.1, 0.15) is 16.8 Å². The number of aryl methyl sites for hydroxylation is 2. The number of nitrogens with zero attached hydrogens (tertiary/aromatic N) is 3. The maximum absolute atomic E-state index is 13.8. The Bertz CT molecular complexity index is 1290. The van der Waals surface area contributed by atoms with Gasteiger partial charge in [-0.2, -0.15) is 0 Å². The number of ether oxygens (including phenoxy) is 3. The van der Waals surface area contributed by atoms with Gasteiger partial charge in [-0.1, -0.05) is 43.4 Å². The van der Waals surface area contributed by atoms with Crippen LogP contribution in [0.25, 0.3) is 0 Å². The molecule has 36 heavy (non-hydrogen) atoms. The van der Waals surface area contributed by atoms with Crippen LogP contribution in [0.5, 0.6) is 17.4 Å². The predicted octanol–water partition coefficient (Wildman–Crippen LogP) is 5.22. The number of benzene rings is 2. The quantitative estimate of drug-likeness (QED) is 0.314. The van der Waals surface area contributed by atoms with E-state index in [9.17, 15) is 8.42 Å². The lowest BCUT2D eigenvalue weighted by molar-refractivity contribution is 0.291. The highest BCUT2D eigenvalue weighted by atomic mass is 32.2. The molecule has 0 N–H and O–H groups in total. The number of anilines is 1. The molecule has 0 aliphatic rings. The van der Waals surface area contributed by atoms with Gasteiger partial charge in [0.2, 0.25) is 5.82 Å². The van der Waals surface area contributed by atoms with Gasteiger partial charge in [-0.25, -0.2) is 22.7 Å². The van der Waals surface area contributed by atoms with Crippen molar-refractivity contribution >= 4 is 23.9 Å². The minimum atomic E-state index is -3.89. The molecular formula is C26H35N3O5SSi. The molecular weight excluding hydrogens is 494 g/mol. The summed E-state index contributed by atoms with van der Waals surface area (Å²) in [6.07, 6.45) is 1.56. The summed E-state index contributed by atoms with van der Waals surface area (Å²) in [6, 6.07) is 13.0. The topological polar surface area (TPSA) is 90.9 Å². The van der Waals surface area contributed by atoms with Crippen LogP contribution >= 0.6 is 0 Å². The van der Waals surface area contributed by atoms with Crippen LogP contribution in [0.4, 0.5) is 5.82 Å². The van der Waals surface area contributed by atoms with Gasteiger partial charge in [0.1, 0.15) is 6.61 Å². The maximum Gasteiger partial charge on any atom is 0.265 e. The molecule has 0 amide bonds. The largest absolute Gasteiger partial charge is 0.493 e. The van der Waals surface area contributed by atoms with Crippen molar-refractivity contribution in [2.24, 2.45) is 0 Å². The fourth-order valence-electron chi connectivity index (χ4n) is 3.45. The van der Waals surface area contributed by atoms with E-state index in [0.717, 1.165) is 17.2 Å². The normalized spacial score (nSPS) is 11.8. The lowest BCUT2D eigenvalue weighted by Gasteiger charge is -2.27. The summed E-state index contributed by atoms with van der Waals surface area (Å²) in [7, 11) is -2.33. The Kier molecular flexibility index (Phi) is 8.62. The molecule has 0 unspecified atom stereocenters. The summed E-state index contributed by atoms with van der Waals surface area (Å²) in [6.45, 7) is 10.8. The van der Waals surface area contributed by atoms with Crippen LogP contribution in [0.2, 0.25) is 25.7 Å². The fourth-order valence-corrected chi connectivity index (χ4v) is 5.93. The zero-order chi connectivity index (χ0) is 26.5. The summed E-state index contributed by atoms with van der Waals surface area (Å²) < 4.78 is 45.7. The molecule has 0 spiro atoms. The first-order valence-corrected chi connectivity index (χ1v) is 16.9. The fraction of sp³-hybridized carbons (Fsp3) is 0.385. The zero-order valence-electron chi connectivity index (χ0n) is 22.0. The Morgan fingerprint density at radius 1 is 0.944 bits per heavy atom.